The largest absolute Gasteiger partial charge is 0.309 e. The molecule has 0 unspecified atom stereocenters. The molecule has 5 nitrogen and oxygen atoms in total. The number of amides is 1. The van der Waals surface area contributed by atoms with Crippen molar-refractivity contribution in [3.63, 3.8) is 0 Å². The van der Waals surface area contributed by atoms with Gasteiger partial charge in [0.05, 0.1) is 4.90 Å². The number of nitrogens with zero attached hydrogens (tertiary/aromatic N) is 1. The number of anilines is 2. The van der Waals surface area contributed by atoms with Crippen LogP contribution in [0.25, 0.3) is 0 Å². The van der Waals surface area contributed by atoms with E-state index in [-0.39, 0.29) is 16.8 Å². The minimum absolute atomic E-state index is 0.0311. The van der Waals surface area contributed by atoms with Crippen LogP contribution in [0, 0.1) is 0 Å². The van der Waals surface area contributed by atoms with E-state index in [2.05, 4.69) is 4.72 Å². The normalized spacial score (nSPS) is 16.6. The number of aryl methyl sites for hydroxylation is 1. The molecule has 25 heavy (non-hydrogen) atoms. The standard InChI is InChI=1S/C19H22N2O3S/c1-4-15-6-5-7-17(11-15)20-25(23,24)18-8-9-19-16(12-18)10-13(2)21(19)14(3)22/h5-9,11-13,20H,4,10H2,1-3H3/t13-/m0/s1. The Kier molecular flexibility index (Phi) is 4.56. The summed E-state index contributed by atoms with van der Waals surface area (Å²) in [5.41, 5.74) is 3.30. The van der Waals surface area contributed by atoms with Crippen molar-refractivity contribution < 1.29 is 13.2 Å². The molecule has 1 amide bonds. The van der Waals surface area contributed by atoms with Crippen LogP contribution < -0.4 is 9.62 Å². The van der Waals surface area contributed by atoms with Gasteiger partial charge in [-0.3, -0.25) is 9.52 Å². The zero-order valence-electron chi connectivity index (χ0n) is 14.6. The number of hydrogen-bond acceptors (Lipinski definition) is 3. The maximum absolute atomic E-state index is 12.7. The SMILES string of the molecule is CCc1cccc(NS(=O)(=O)c2ccc3c(c2)C[C@H](C)N3C(C)=O)c1. The van der Waals surface area contributed by atoms with Crippen molar-refractivity contribution in [2.75, 3.05) is 9.62 Å². The zero-order chi connectivity index (χ0) is 18.2. The third kappa shape index (κ3) is 3.39. The summed E-state index contributed by atoms with van der Waals surface area (Å²) in [6, 6.07) is 12.4. The third-order valence-corrected chi connectivity index (χ3v) is 5.88. The molecule has 1 atom stereocenters. The molecule has 0 radical (unpaired) electrons. The average molecular weight is 358 g/mol. The molecule has 2 aromatic rings. The molecule has 2 aromatic carbocycles. The van der Waals surface area contributed by atoms with Gasteiger partial charge in [-0.25, -0.2) is 8.42 Å². The summed E-state index contributed by atoms with van der Waals surface area (Å²) in [4.78, 5) is 13.7. The molecule has 6 heteroatoms. The molecule has 1 N–H and O–H groups in total. The second-order valence-electron chi connectivity index (χ2n) is 6.39. The highest BCUT2D eigenvalue weighted by molar-refractivity contribution is 7.92. The maximum Gasteiger partial charge on any atom is 0.261 e. The average Bonchev–Trinajstić information content (AvgIpc) is 2.89. The van der Waals surface area contributed by atoms with Crippen LogP contribution in [0.1, 0.15) is 31.9 Å². The predicted molar refractivity (Wildman–Crippen MR) is 99.4 cm³/mol. The Morgan fingerprint density at radius 1 is 1.24 bits per heavy atom. The number of nitrogens with one attached hydrogen (secondary N) is 1. The van der Waals surface area contributed by atoms with E-state index in [0.717, 1.165) is 23.2 Å². The number of rotatable bonds is 4. The number of fused-ring (bicyclic) bond motifs is 1. The summed E-state index contributed by atoms with van der Waals surface area (Å²) in [7, 11) is -3.67. The smallest absolute Gasteiger partial charge is 0.261 e. The van der Waals surface area contributed by atoms with Crippen molar-refractivity contribution in [2.45, 2.75) is 44.6 Å². The van der Waals surface area contributed by atoms with Gasteiger partial charge in [0.15, 0.2) is 0 Å². The van der Waals surface area contributed by atoms with Gasteiger partial charge in [-0.2, -0.15) is 0 Å². The van der Waals surface area contributed by atoms with E-state index in [4.69, 9.17) is 0 Å². The fourth-order valence-corrected chi connectivity index (χ4v) is 4.42. The summed E-state index contributed by atoms with van der Waals surface area (Å²) in [6.45, 7) is 5.51. The molecule has 0 aliphatic carbocycles. The van der Waals surface area contributed by atoms with Crippen LogP contribution in [0.3, 0.4) is 0 Å². The molecule has 0 saturated heterocycles. The maximum atomic E-state index is 12.7. The van der Waals surface area contributed by atoms with Crippen LogP contribution in [0.2, 0.25) is 0 Å². The molecular weight excluding hydrogens is 336 g/mol. The van der Waals surface area contributed by atoms with Gasteiger partial charge in [-0.05, 0) is 61.2 Å². The van der Waals surface area contributed by atoms with E-state index >= 15 is 0 Å². The first-order valence-electron chi connectivity index (χ1n) is 8.36. The molecule has 0 saturated carbocycles. The Bertz CT molecular complexity index is 922. The van der Waals surface area contributed by atoms with Crippen LogP contribution in [-0.4, -0.2) is 20.4 Å². The van der Waals surface area contributed by atoms with Crippen molar-refractivity contribution >= 4 is 27.3 Å². The van der Waals surface area contributed by atoms with Gasteiger partial charge in [0, 0.05) is 24.3 Å². The summed E-state index contributed by atoms with van der Waals surface area (Å²) in [5, 5.41) is 0. The molecule has 1 aliphatic rings. The predicted octanol–water partition coefficient (Wildman–Crippen LogP) is 3.35. The molecule has 0 aromatic heterocycles. The topological polar surface area (TPSA) is 66.5 Å². The molecule has 1 aliphatic heterocycles. The van der Waals surface area contributed by atoms with Crippen LogP contribution >= 0.6 is 0 Å². The second kappa shape index (κ2) is 6.52. The summed E-state index contributed by atoms with van der Waals surface area (Å²) < 4.78 is 28.0. The van der Waals surface area contributed by atoms with Gasteiger partial charge in [0.2, 0.25) is 5.91 Å². The number of carbonyl (C=O) groups excluding carboxylic acids is 1. The Morgan fingerprint density at radius 3 is 2.68 bits per heavy atom. The fraction of sp³-hybridized carbons (Fsp3) is 0.316. The minimum atomic E-state index is -3.67. The quantitative estimate of drug-likeness (QED) is 0.911. The highest BCUT2D eigenvalue weighted by atomic mass is 32.2. The van der Waals surface area contributed by atoms with E-state index in [1.165, 1.54) is 6.92 Å². The number of hydrogen-bond donors (Lipinski definition) is 1. The lowest BCUT2D eigenvalue weighted by molar-refractivity contribution is -0.116. The van der Waals surface area contributed by atoms with E-state index < -0.39 is 10.0 Å². The molecular formula is C19H22N2O3S. The Labute approximate surface area is 148 Å². The first-order valence-corrected chi connectivity index (χ1v) is 9.84. The van der Waals surface area contributed by atoms with E-state index in [1.54, 1.807) is 29.2 Å². The monoisotopic (exact) mass is 358 g/mol. The Hall–Kier alpha value is -2.34. The molecule has 0 spiro atoms. The van der Waals surface area contributed by atoms with E-state index in [0.29, 0.717) is 12.1 Å². The van der Waals surface area contributed by atoms with Crippen LogP contribution in [0.4, 0.5) is 11.4 Å². The molecule has 0 bridgehead atoms. The van der Waals surface area contributed by atoms with Crippen molar-refractivity contribution in [2.24, 2.45) is 0 Å². The van der Waals surface area contributed by atoms with Crippen molar-refractivity contribution in [3.05, 3.63) is 53.6 Å². The molecule has 132 valence electrons. The van der Waals surface area contributed by atoms with Crippen molar-refractivity contribution in [1.29, 1.82) is 0 Å². The lowest BCUT2D eigenvalue weighted by atomic mass is 10.1. The molecule has 3 rings (SSSR count). The first kappa shape index (κ1) is 17.5. The van der Waals surface area contributed by atoms with Crippen LogP contribution in [0.5, 0.6) is 0 Å². The summed E-state index contributed by atoms with van der Waals surface area (Å²) in [6.07, 6.45) is 1.50. The minimum Gasteiger partial charge on any atom is -0.309 e. The second-order valence-corrected chi connectivity index (χ2v) is 8.07. The van der Waals surface area contributed by atoms with Gasteiger partial charge < -0.3 is 4.90 Å². The van der Waals surface area contributed by atoms with Crippen molar-refractivity contribution in [3.8, 4) is 0 Å². The lowest BCUT2D eigenvalue weighted by Gasteiger charge is -2.20. The van der Waals surface area contributed by atoms with Gasteiger partial charge in [0.25, 0.3) is 10.0 Å². The fourth-order valence-electron chi connectivity index (χ4n) is 3.32. The summed E-state index contributed by atoms with van der Waals surface area (Å²) in [5.74, 6) is -0.0311. The molecule has 1 heterocycles. The number of benzene rings is 2. The van der Waals surface area contributed by atoms with Crippen LogP contribution in [0.15, 0.2) is 47.4 Å². The van der Waals surface area contributed by atoms with Crippen LogP contribution in [-0.2, 0) is 27.7 Å². The highest BCUT2D eigenvalue weighted by Gasteiger charge is 2.30. The Morgan fingerprint density at radius 2 is 2.00 bits per heavy atom. The Balaban J connectivity index is 1.91. The van der Waals surface area contributed by atoms with Gasteiger partial charge >= 0.3 is 0 Å². The van der Waals surface area contributed by atoms with E-state index in [1.807, 2.05) is 32.0 Å². The number of carbonyl (C=O) groups is 1. The third-order valence-electron chi connectivity index (χ3n) is 4.50. The highest BCUT2D eigenvalue weighted by Crippen LogP contribution is 2.34. The number of sulfonamides is 1. The van der Waals surface area contributed by atoms with Gasteiger partial charge in [-0.15, -0.1) is 0 Å². The van der Waals surface area contributed by atoms with Gasteiger partial charge in [-0.1, -0.05) is 19.1 Å². The lowest BCUT2D eigenvalue weighted by Crippen LogP contribution is -2.33. The summed E-state index contributed by atoms with van der Waals surface area (Å²) >= 11 is 0. The molecule has 0 fully saturated rings. The first-order chi connectivity index (χ1) is 11.8. The van der Waals surface area contributed by atoms with E-state index in [9.17, 15) is 13.2 Å². The zero-order valence-corrected chi connectivity index (χ0v) is 15.4. The van der Waals surface area contributed by atoms with Gasteiger partial charge in [0.1, 0.15) is 0 Å². The van der Waals surface area contributed by atoms with Crippen molar-refractivity contribution in [1.82, 2.24) is 0 Å².